The maximum atomic E-state index is 12.1. The number of aryl methyl sites for hydroxylation is 1. The molecule has 1 aromatic carbocycles. The molecule has 0 radical (unpaired) electrons. The first-order chi connectivity index (χ1) is 16.3. The van der Waals surface area contributed by atoms with Crippen LogP contribution in [0.15, 0.2) is 30.5 Å². The molecule has 0 fully saturated rings. The first-order valence-corrected chi connectivity index (χ1v) is 13.0. The second-order valence-electron chi connectivity index (χ2n) is 10.6. The lowest BCUT2D eigenvalue weighted by atomic mass is 9.78. The van der Waals surface area contributed by atoms with Gasteiger partial charge in [0.15, 0.2) is 0 Å². The zero-order chi connectivity index (χ0) is 26.2. The number of thioether (sulfide) groups is 1. The molecule has 0 saturated heterocycles. The zero-order valence-corrected chi connectivity index (χ0v) is 22.4. The minimum absolute atomic E-state index is 0.0249. The number of hydrogen-bond donors (Lipinski definition) is 3. The van der Waals surface area contributed by atoms with Gasteiger partial charge < -0.3 is 15.7 Å². The summed E-state index contributed by atoms with van der Waals surface area (Å²) in [7, 11) is 0. The Labute approximate surface area is 212 Å². The number of benzene rings is 1. The van der Waals surface area contributed by atoms with Gasteiger partial charge in [0, 0.05) is 19.2 Å². The second kappa shape index (κ2) is 12.2. The molecule has 0 aliphatic carbocycles. The number of carbonyl (C=O) groups is 1. The molecule has 0 aliphatic rings. The van der Waals surface area contributed by atoms with Crippen LogP contribution in [0.4, 0.5) is 11.5 Å². The number of anilines is 1. The normalized spacial score (nSPS) is 11.8. The van der Waals surface area contributed by atoms with E-state index in [0.717, 1.165) is 29.7 Å². The molecule has 1 amide bonds. The van der Waals surface area contributed by atoms with Crippen LogP contribution in [0.1, 0.15) is 64.7 Å². The third kappa shape index (κ3) is 9.05. The number of carbonyl (C=O) groups excluding carboxylic acids is 1. The molecule has 9 heteroatoms. The van der Waals surface area contributed by atoms with E-state index in [9.17, 15) is 20.0 Å². The molecule has 1 heterocycles. The number of phenolic OH excluding ortho intramolecular Hbond substituents is 1. The molecule has 0 spiro atoms. The van der Waals surface area contributed by atoms with E-state index in [1.165, 1.54) is 17.8 Å². The molecule has 35 heavy (non-hydrogen) atoms. The SMILES string of the molecule is CC(C)(C)c1cc(CCCSCC(=O)NCCNc2ccc([N+](=O)[O-])cn2)cc(C(C)(C)C)c1O. The Morgan fingerprint density at radius 1 is 1.09 bits per heavy atom. The fourth-order valence-corrected chi connectivity index (χ4v) is 4.35. The predicted molar refractivity (Wildman–Crippen MR) is 144 cm³/mol. The van der Waals surface area contributed by atoms with Gasteiger partial charge in [-0.25, -0.2) is 4.98 Å². The summed E-state index contributed by atoms with van der Waals surface area (Å²) in [5, 5.41) is 27.4. The topological polar surface area (TPSA) is 117 Å². The molecule has 192 valence electrons. The number of aromatic hydroxyl groups is 1. The van der Waals surface area contributed by atoms with E-state index in [1.54, 1.807) is 17.8 Å². The number of phenols is 1. The highest BCUT2D eigenvalue weighted by Crippen LogP contribution is 2.40. The monoisotopic (exact) mass is 502 g/mol. The lowest BCUT2D eigenvalue weighted by Crippen LogP contribution is -2.30. The van der Waals surface area contributed by atoms with Crippen LogP contribution in [-0.4, -0.2) is 45.5 Å². The van der Waals surface area contributed by atoms with Gasteiger partial charge >= 0.3 is 0 Å². The number of pyridine rings is 1. The van der Waals surface area contributed by atoms with Gasteiger partial charge in [-0.15, -0.1) is 0 Å². The van der Waals surface area contributed by atoms with Crippen LogP contribution in [0.5, 0.6) is 5.75 Å². The Balaban J connectivity index is 1.73. The molecule has 1 aromatic heterocycles. The minimum Gasteiger partial charge on any atom is -0.507 e. The Morgan fingerprint density at radius 2 is 1.71 bits per heavy atom. The van der Waals surface area contributed by atoms with Crippen molar-refractivity contribution in [2.24, 2.45) is 0 Å². The van der Waals surface area contributed by atoms with Gasteiger partial charge in [0.2, 0.25) is 5.91 Å². The Kier molecular flexibility index (Phi) is 9.94. The smallest absolute Gasteiger partial charge is 0.287 e. The van der Waals surface area contributed by atoms with Crippen molar-refractivity contribution in [3.05, 3.63) is 57.3 Å². The fraction of sp³-hybridized carbons (Fsp3) is 0.538. The maximum absolute atomic E-state index is 12.1. The zero-order valence-electron chi connectivity index (χ0n) is 21.6. The Hall–Kier alpha value is -2.81. The lowest BCUT2D eigenvalue weighted by molar-refractivity contribution is -0.385. The molecule has 8 nitrogen and oxygen atoms in total. The summed E-state index contributed by atoms with van der Waals surface area (Å²) < 4.78 is 0. The van der Waals surface area contributed by atoms with Crippen molar-refractivity contribution in [2.45, 2.75) is 65.2 Å². The summed E-state index contributed by atoms with van der Waals surface area (Å²) in [5.74, 6) is 2.17. The Morgan fingerprint density at radius 3 is 2.23 bits per heavy atom. The van der Waals surface area contributed by atoms with Gasteiger partial charge in [0.1, 0.15) is 17.8 Å². The number of hydrogen-bond acceptors (Lipinski definition) is 7. The van der Waals surface area contributed by atoms with Crippen molar-refractivity contribution in [2.75, 3.05) is 29.9 Å². The molecular weight excluding hydrogens is 464 g/mol. The molecule has 0 aliphatic heterocycles. The largest absolute Gasteiger partial charge is 0.507 e. The van der Waals surface area contributed by atoms with Crippen molar-refractivity contribution < 1.29 is 14.8 Å². The average Bonchev–Trinajstić information content (AvgIpc) is 2.76. The summed E-state index contributed by atoms with van der Waals surface area (Å²) >= 11 is 1.60. The number of nitrogens with one attached hydrogen (secondary N) is 2. The van der Waals surface area contributed by atoms with Crippen LogP contribution in [-0.2, 0) is 22.0 Å². The summed E-state index contributed by atoms with van der Waals surface area (Å²) in [6.07, 6.45) is 3.04. The van der Waals surface area contributed by atoms with E-state index in [1.807, 2.05) is 0 Å². The van der Waals surface area contributed by atoms with E-state index in [2.05, 4.69) is 69.3 Å². The maximum Gasteiger partial charge on any atom is 0.287 e. The van der Waals surface area contributed by atoms with Crippen LogP contribution >= 0.6 is 11.8 Å². The van der Waals surface area contributed by atoms with Crippen LogP contribution in [0.25, 0.3) is 0 Å². The van der Waals surface area contributed by atoms with Crippen molar-refractivity contribution in [3.8, 4) is 5.75 Å². The Bertz CT molecular complexity index is 976. The molecule has 0 saturated carbocycles. The first kappa shape index (κ1) is 28.4. The highest BCUT2D eigenvalue weighted by Gasteiger charge is 2.26. The molecule has 2 aromatic rings. The molecule has 3 N–H and O–H groups in total. The van der Waals surface area contributed by atoms with Gasteiger partial charge in [-0.05, 0) is 52.2 Å². The van der Waals surface area contributed by atoms with Crippen LogP contribution in [0.3, 0.4) is 0 Å². The van der Waals surface area contributed by atoms with Crippen molar-refractivity contribution in [3.63, 3.8) is 0 Å². The number of amides is 1. The quantitative estimate of drug-likeness (QED) is 0.220. The fourth-order valence-electron chi connectivity index (χ4n) is 3.57. The van der Waals surface area contributed by atoms with Crippen LogP contribution in [0.2, 0.25) is 0 Å². The van der Waals surface area contributed by atoms with E-state index in [-0.39, 0.29) is 22.4 Å². The predicted octanol–water partition coefficient (Wildman–Crippen LogP) is 5.18. The van der Waals surface area contributed by atoms with Crippen LogP contribution < -0.4 is 10.6 Å². The third-order valence-corrected chi connectivity index (χ3v) is 6.53. The number of aromatic nitrogens is 1. The number of nitrogens with zero attached hydrogens (tertiary/aromatic N) is 2. The summed E-state index contributed by atoms with van der Waals surface area (Å²) in [6.45, 7) is 13.6. The molecule has 2 rings (SSSR count). The standard InChI is InChI=1S/C26H38N4O4S/c1-25(2,3)20-14-18(15-21(24(20)32)26(4,5)6)8-7-13-35-17-23(31)28-12-11-27-22-10-9-19(16-29-22)30(33)34/h9-10,14-16,32H,7-8,11-13,17H2,1-6H3,(H,27,29)(H,28,31). The summed E-state index contributed by atoms with van der Waals surface area (Å²) in [4.78, 5) is 26.2. The van der Waals surface area contributed by atoms with Crippen LogP contribution in [0, 0.1) is 10.1 Å². The minimum atomic E-state index is -0.494. The molecule has 0 unspecified atom stereocenters. The van der Waals surface area contributed by atoms with Gasteiger partial charge in [-0.1, -0.05) is 53.7 Å². The first-order valence-electron chi connectivity index (χ1n) is 11.8. The summed E-state index contributed by atoms with van der Waals surface area (Å²) in [5.41, 5.74) is 2.82. The number of rotatable bonds is 11. The lowest BCUT2D eigenvalue weighted by Gasteiger charge is -2.28. The van der Waals surface area contributed by atoms with Gasteiger partial charge in [-0.2, -0.15) is 11.8 Å². The third-order valence-electron chi connectivity index (χ3n) is 5.48. The van der Waals surface area contributed by atoms with Gasteiger partial charge in [0.25, 0.3) is 5.69 Å². The molecular formula is C26H38N4O4S. The average molecular weight is 503 g/mol. The van der Waals surface area contributed by atoms with E-state index < -0.39 is 4.92 Å². The van der Waals surface area contributed by atoms with Gasteiger partial charge in [0.05, 0.1) is 10.7 Å². The van der Waals surface area contributed by atoms with E-state index in [0.29, 0.717) is 30.4 Å². The van der Waals surface area contributed by atoms with Gasteiger partial charge in [-0.3, -0.25) is 14.9 Å². The van der Waals surface area contributed by atoms with Crippen molar-refractivity contribution in [1.29, 1.82) is 0 Å². The van der Waals surface area contributed by atoms with Crippen molar-refractivity contribution >= 4 is 29.2 Å². The second-order valence-corrected chi connectivity index (χ2v) is 11.7. The highest BCUT2D eigenvalue weighted by atomic mass is 32.2. The highest BCUT2D eigenvalue weighted by molar-refractivity contribution is 7.99. The number of nitro groups is 1. The van der Waals surface area contributed by atoms with E-state index in [4.69, 9.17) is 0 Å². The molecule has 0 bridgehead atoms. The van der Waals surface area contributed by atoms with E-state index >= 15 is 0 Å². The summed E-state index contributed by atoms with van der Waals surface area (Å²) in [6, 6.07) is 7.17. The molecule has 0 atom stereocenters. The van der Waals surface area contributed by atoms with Crippen molar-refractivity contribution in [1.82, 2.24) is 10.3 Å².